The fraction of sp³-hybridized carbons (Fsp3) is 0.333. The molecule has 0 N–H and O–H groups in total. The molecular formula is C12H13N3O. The van der Waals surface area contributed by atoms with E-state index in [1.807, 2.05) is 12.3 Å². The van der Waals surface area contributed by atoms with E-state index in [1.54, 1.807) is 6.20 Å². The SMILES string of the molecule is C1=NCCC=C1N1COc2ncccc2C1. The Morgan fingerprint density at radius 2 is 2.38 bits per heavy atom. The van der Waals surface area contributed by atoms with E-state index in [9.17, 15) is 0 Å². The molecule has 0 spiro atoms. The summed E-state index contributed by atoms with van der Waals surface area (Å²) in [6.45, 7) is 2.30. The number of pyridine rings is 1. The van der Waals surface area contributed by atoms with E-state index in [-0.39, 0.29) is 0 Å². The summed E-state index contributed by atoms with van der Waals surface area (Å²) in [4.78, 5) is 10.7. The summed E-state index contributed by atoms with van der Waals surface area (Å²) in [6, 6.07) is 3.99. The number of ether oxygens (including phenoxy) is 1. The average molecular weight is 215 g/mol. The Hall–Kier alpha value is -1.84. The summed E-state index contributed by atoms with van der Waals surface area (Å²) >= 11 is 0. The number of dihydropyridines is 1. The van der Waals surface area contributed by atoms with Crippen LogP contribution in [0, 0.1) is 0 Å². The van der Waals surface area contributed by atoms with Crippen molar-refractivity contribution in [3.05, 3.63) is 35.7 Å². The summed E-state index contributed by atoms with van der Waals surface area (Å²) < 4.78 is 5.60. The maximum atomic E-state index is 5.60. The Morgan fingerprint density at radius 1 is 1.38 bits per heavy atom. The van der Waals surface area contributed by atoms with E-state index in [4.69, 9.17) is 4.74 Å². The molecule has 0 fully saturated rings. The number of nitrogens with zero attached hydrogens (tertiary/aromatic N) is 3. The van der Waals surface area contributed by atoms with Crippen LogP contribution in [0.2, 0.25) is 0 Å². The molecule has 4 nitrogen and oxygen atoms in total. The highest BCUT2D eigenvalue weighted by molar-refractivity contribution is 5.78. The van der Waals surface area contributed by atoms with Gasteiger partial charge in [-0.3, -0.25) is 4.99 Å². The first kappa shape index (κ1) is 9.39. The van der Waals surface area contributed by atoms with E-state index in [0.717, 1.165) is 36.7 Å². The molecule has 0 amide bonds. The number of aliphatic imine (C=N–C) groups is 1. The van der Waals surface area contributed by atoms with Crippen LogP contribution in [-0.4, -0.2) is 29.4 Å². The lowest BCUT2D eigenvalue weighted by Crippen LogP contribution is -2.32. The molecule has 82 valence electrons. The summed E-state index contributed by atoms with van der Waals surface area (Å²) in [5, 5.41) is 0. The molecule has 0 bridgehead atoms. The number of hydrogen-bond acceptors (Lipinski definition) is 4. The first-order valence-corrected chi connectivity index (χ1v) is 5.45. The van der Waals surface area contributed by atoms with Crippen LogP contribution in [0.4, 0.5) is 0 Å². The molecule has 1 aromatic rings. The first-order chi connectivity index (χ1) is 7.93. The van der Waals surface area contributed by atoms with E-state index >= 15 is 0 Å². The normalized spacial score (nSPS) is 18.8. The van der Waals surface area contributed by atoms with Crippen LogP contribution >= 0.6 is 0 Å². The van der Waals surface area contributed by atoms with Gasteiger partial charge in [-0.15, -0.1) is 0 Å². The van der Waals surface area contributed by atoms with Crippen molar-refractivity contribution in [2.75, 3.05) is 13.3 Å². The van der Waals surface area contributed by atoms with Gasteiger partial charge in [0, 0.05) is 24.5 Å². The molecule has 0 saturated carbocycles. The molecule has 2 aliphatic heterocycles. The number of aromatic nitrogens is 1. The van der Waals surface area contributed by atoms with Gasteiger partial charge in [-0.1, -0.05) is 12.1 Å². The van der Waals surface area contributed by atoms with Gasteiger partial charge in [0.25, 0.3) is 0 Å². The predicted molar refractivity (Wildman–Crippen MR) is 61.3 cm³/mol. The van der Waals surface area contributed by atoms with Crippen molar-refractivity contribution in [2.24, 2.45) is 4.99 Å². The summed E-state index contributed by atoms with van der Waals surface area (Å²) in [5.74, 6) is 0.757. The van der Waals surface area contributed by atoms with Crippen molar-refractivity contribution in [1.82, 2.24) is 9.88 Å². The van der Waals surface area contributed by atoms with Gasteiger partial charge in [-0.05, 0) is 12.5 Å². The summed E-state index contributed by atoms with van der Waals surface area (Å²) in [7, 11) is 0. The molecule has 1 aromatic heterocycles. The second-order valence-corrected chi connectivity index (χ2v) is 3.89. The third-order valence-electron chi connectivity index (χ3n) is 2.77. The standard InChI is InChI=1S/C12H13N3O/c1-3-10-8-15(9-16-12(10)14-6-1)11-4-2-5-13-7-11/h1,3-4,6-7H,2,5,8-9H2. The van der Waals surface area contributed by atoms with Crippen LogP contribution in [0.3, 0.4) is 0 Å². The van der Waals surface area contributed by atoms with E-state index < -0.39 is 0 Å². The van der Waals surface area contributed by atoms with Gasteiger partial charge in [0.2, 0.25) is 5.88 Å². The molecule has 16 heavy (non-hydrogen) atoms. The lowest BCUT2D eigenvalue weighted by Gasteiger charge is -2.30. The van der Waals surface area contributed by atoms with Crippen molar-refractivity contribution in [3.63, 3.8) is 0 Å². The van der Waals surface area contributed by atoms with Gasteiger partial charge in [0.05, 0.1) is 12.2 Å². The number of allylic oxidation sites excluding steroid dienone is 1. The highest BCUT2D eigenvalue weighted by atomic mass is 16.5. The van der Waals surface area contributed by atoms with Gasteiger partial charge >= 0.3 is 0 Å². The summed E-state index contributed by atoms with van der Waals surface area (Å²) in [6.07, 6.45) is 6.91. The van der Waals surface area contributed by atoms with Crippen LogP contribution in [0.1, 0.15) is 12.0 Å². The minimum absolute atomic E-state index is 0.557. The molecular weight excluding hydrogens is 202 g/mol. The van der Waals surface area contributed by atoms with Gasteiger partial charge in [-0.2, -0.15) is 0 Å². The average Bonchev–Trinajstić information content (AvgIpc) is 2.39. The molecule has 0 radical (unpaired) electrons. The maximum absolute atomic E-state index is 5.60. The molecule has 0 atom stereocenters. The van der Waals surface area contributed by atoms with Gasteiger partial charge < -0.3 is 9.64 Å². The molecule has 0 aliphatic carbocycles. The summed E-state index contributed by atoms with van der Waals surface area (Å²) in [5.41, 5.74) is 2.29. The molecule has 0 unspecified atom stereocenters. The Morgan fingerprint density at radius 3 is 3.25 bits per heavy atom. The monoisotopic (exact) mass is 215 g/mol. The van der Waals surface area contributed by atoms with E-state index in [0.29, 0.717) is 6.73 Å². The molecule has 4 heteroatoms. The number of rotatable bonds is 1. The third-order valence-corrected chi connectivity index (χ3v) is 2.77. The van der Waals surface area contributed by atoms with Crippen LogP contribution < -0.4 is 4.74 Å². The minimum atomic E-state index is 0.557. The second kappa shape index (κ2) is 3.96. The minimum Gasteiger partial charge on any atom is -0.456 e. The highest BCUT2D eigenvalue weighted by Crippen LogP contribution is 2.24. The van der Waals surface area contributed by atoms with E-state index in [2.05, 4.69) is 27.0 Å². The Balaban J connectivity index is 1.82. The molecule has 2 aliphatic rings. The van der Waals surface area contributed by atoms with Gasteiger partial charge in [0.15, 0.2) is 6.73 Å². The lowest BCUT2D eigenvalue weighted by molar-refractivity contribution is 0.128. The predicted octanol–water partition coefficient (Wildman–Crippen LogP) is 1.59. The smallest absolute Gasteiger partial charge is 0.220 e. The largest absolute Gasteiger partial charge is 0.456 e. The van der Waals surface area contributed by atoms with Gasteiger partial charge in [-0.25, -0.2) is 4.98 Å². The Bertz CT molecular complexity index is 453. The lowest BCUT2D eigenvalue weighted by atomic mass is 10.2. The number of fused-ring (bicyclic) bond motifs is 1. The Labute approximate surface area is 94.3 Å². The van der Waals surface area contributed by atoms with E-state index in [1.165, 1.54) is 0 Å². The van der Waals surface area contributed by atoms with Crippen molar-refractivity contribution in [3.8, 4) is 5.88 Å². The molecule has 0 saturated heterocycles. The second-order valence-electron chi connectivity index (χ2n) is 3.89. The first-order valence-electron chi connectivity index (χ1n) is 5.45. The highest BCUT2D eigenvalue weighted by Gasteiger charge is 2.19. The van der Waals surface area contributed by atoms with Crippen molar-refractivity contribution >= 4 is 6.21 Å². The van der Waals surface area contributed by atoms with Crippen molar-refractivity contribution in [2.45, 2.75) is 13.0 Å². The van der Waals surface area contributed by atoms with Crippen LogP contribution in [0.15, 0.2) is 35.1 Å². The van der Waals surface area contributed by atoms with Crippen LogP contribution in [0.5, 0.6) is 5.88 Å². The van der Waals surface area contributed by atoms with Crippen molar-refractivity contribution in [1.29, 1.82) is 0 Å². The van der Waals surface area contributed by atoms with Crippen LogP contribution in [0.25, 0.3) is 0 Å². The Kier molecular flexibility index (Phi) is 2.33. The topological polar surface area (TPSA) is 37.7 Å². The molecule has 3 heterocycles. The maximum Gasteiger partial charge on any atom is 0.220 e. The fourth-order valence-corrected chi connectivity index (χ4v) is 1.94. The zero-order valence-electron chi connectivity index (χ0n) is 8.97. The molecule has 3 rings (SSSR count). The quantitative estimate of drug-likeness (QED) is 0.714. The zero-order valence-corrected chi connectivity index (χ0v) is 8.97. The molecule has 0 aromatic carbocycles. The van der Waals surface area contributed by atoms with Crippen LogP contribution in [-0.2, 0) is 6.54 Å². The number of hydrogen-bond donors (Lipinski definition) is 0. The third kappa shape index (κ3) is 1.66. The fourth-order valence-electron chi connectivity index (χ4n) is 1.94. The zero-order chi connectivity index (χ0) is 10.8. The van der Waals surface area contributed by atoms with Crippen molar-refractivity contribution < 1.29 is 4.74 Å². The van der Waals surface area contributed by atoms with Gasteiger partial charge in [0.1, 0.15) is 0 Å².